The Labute approximate surface area is 174 Å². The van der Waals surface area contributed by atoms with E-state index in [1.165, 1.54) is 12.1 Å². The van der Waals surface area contributed by atoms with Crippen LogP contribution in [0.15, 0.2) is 55.0 Å². The Bertz CT molecular complexity index is 970. The van der Waals surface area contributed by atoms with Crippen molar-refractivity contribution < 1.29 is 14.2 Å². The number of hydrogen-bond acceptors (Lipinski definition) is 7. The number of hydrogen-bond donors (Lipinski definition) is 2. The molecule has 0 saturated carbocycles. The van der Waals surface area contributed by atoms with Crippen molar-refractivity contribution in [2.75, 3.05) is 29.9 Å². The highest BCUT2D eigenvalue weighted by Crippen LogP contribution is 2.23. The number of aliphatic hydroxyl groups is 1. The summed E-state index contributed by atoms with van der Waals surface area (Å²) < 4.78 is 18.8. The van der Waals surface area contributed by atoms with Crippen LogP contribution in [0.1, 0.15) is 18.4 Å². The third-order valence-corrected chi connectivity index (χ3v) is 5.04. The minimum atomic E-state index is -0.353. The molecule has 2 N–H and O–H groups in total. The summed E-state index contributed by atoms with van der Waals surface area (Å²) >= 11 is 0. The normalized spacial score (nSPS) is 16.3. The van der Waals surface area contributed by atoms with E-state index in [1.807, 2.05) is 12.1 Å². The number of benzene rings is 1. The van der Waals surface area contributed by atoms with Gasteiger partial charge in [0, 0.05) is 50.6 Å². The Hall–Kier alpha value is -3.26. The molecule has 3 heterocycles. The third-order valence-electron chi connectivity index (χ3n) is 5.04. The van der Waals surface area contributed by atoms with Crippen molar-refractivity contribution in [3.05, 3.63) is 66.4 Å². The van der Waals surface area contributed by atoms with Gasteiger partial charge in [0.25, 0.3) is 0 Å². The molecule has 30 heavy (non-hydrogen) atoms. The average molecular weight is 409 g/mol. The summed E-state index contributed by atoms with van der Waals surface area (Å²) in [5.41, 5.74) is 0.958. The maximum atomic E-state index is 13.2. The average Bonchev–Trinajstić information content (AvgIpc) is 2.79. The van der Waals surface area contributed by atoms with E-state index in [9.17, 15) is 9.50 Å². The summed E-state index contributed by atoms with van der Waals surface area (Å²) in [6.07, 6.45) is 5.36. The molecule has 3 aromatic rings. The number of pyridine rings is 1. The largest absolute Gasteiger partial charge is 0.439 e. The minimum Gasteiger partial charge on any atom is -0.439 e. The summed E-state index contributed by atoms with van der Waals surface area (Å²) in [5, 5.41) is 12.7. The zero-order valence-electron chi connectivity index (χ0n) is 16.5. The molecule has 0 bridgehead atoms. The fourth-order valence-corrected chi connectivity index (χ4v) is 3.46. The molecule has 1 aromatic carbocycles. The molecule has 0 spiro atoms. The van der Waals surface area contributed by atoms with Crippen molar-refractivity contribution >= 4 is 11.6 Å². The van der Waals surface area contributed by atoms with Crippen molar-refractivity contribution in [1.29, 1.82) is 0 Å². The number of anilines is 2. The summed E-state index contributed by atoms with van der Waals surface area (Å²) in [6, 6.07) is 11.5. The van der Waals surface area contributed by atoms with Gasteiger partial charge >= 0.3 is 0 Å². The third kappa shape index (κ3) is 5.21. The quantitative estimate of drug-likeness (QED) is 0.617. The van der Waals surface area contributed by atoms with Gasteiger partial charge in [-0.2, -0.15) is 0 Å². The first kappa shape index (κ1) is 20.0. The Kier molecular flexibility index (Phi) is 6.34. The van der Waals surface area contributed by atoms with E-state index >= 15 is 0 Å². The van der Waals surface area contributed by atoms with E-state index in [0.29, 0.717) is 24.1 Å². The SMILES string of the molecule is OCC1CCCN(c2cc(NCc3ccc(Oc4cccc(F)c4)nc3)ncn2)C1. The molecule has 8 heteroatoms. The Morgan fingerprint density at radius 2 is 2.10 bits per heavy atom. The lowest BCUT2D eigenvalue weighted by atomic mass is 9.99. The maximum absolute atomic E-state index is 13.2. The molecule has 1 atom stereocenters. The molecule has 1 aliphatic heterocycles. The maximum Gasteiger partial charge on any atom is 0.219 e. The molecule has 1 fully saturated rings. The lowest BCUT2D eigenvalue weighted by Gasteiger charge is -2.32. The van der Waals surface area contributed by atoms with Crippen LogP contribution >= 0.6 is 0 Å². The first-order valence-electron chi connectivity index (χ1n) is 9.99. The summed E-state index contributed by atoms with van der Waals surface area (Å²) in [7, 11) is 0. The van der Waals surface area contributed by atoms with Crippen molar-refractivity contribution in [1.82, 2.24) is 15.0 Å². The van der Waals surface area contributed by atoms with Crippen LogP contribution in [0.3, 0.4) is 0 Å². The lowest BCUT2D eigenvalue weighted by Crippen LogP contribution is -2.37. The van der Waals surface area contributed by atoms with Crippen LogP contribution in [0.25, 0.3) is 0 Å². The predicted octanol–water partition coefficient (Wildman–Crippen LogP) is 3.62. The second-order valence-electron chi connectivity index (χ2n) is 7.32. The van der Waals surface area contributed by atoms with Gasteiger partial charge in [-0.05, 0) is 36.5 Å². The Morgan fingerprint density at radius 1 is 1.17 bits per heavy atom. The van der Waals surface area contributed by atoms with Crippen LogP contribution < -0.4 is 15.0 Å². The van der Waals surface area contributed by atoms with Crippen molar-refractivity contribution in [3.8, 4) is 11.6 Å². The highest BCUT2D eigenvalue weighted by atomic mass is 19.1. The first-order chi connectivity index (χ1) is 14.7. The van der Waals surface area contributed by atoms with Gasteiger partial charge in [0.05, 0.1) is 0 Å². The van der Waals surface area contributed by atoms with Crippen LogP contribution in [0.5, 0.6) is 11.6 Å². The van der Waals surface area contributed by atoms with E-state index in [4.69, 9.17) is 4.74 Å². The van der Waals surface area contributed by atoms with Gasteiger partial charge < -0.3 is 20.1 Å². The van der Waals surface area contributed by atoms with Gasteiger partial charge in [-0.15, -0.1) is 0 Å². The molecule has 4 rings (SSSR count). The van der Waals surface area contributed by atoms with Crippen LogP contribution in [0, 0.1) is 11.7 Å². The van der Waals surface area contributed by atoms with Gasteiger partial charge in [-0.3, -0.25) is 0 Å². The molecule has 156 valence electrons. The summed E-state index contributed by atoms with van der Waals surface area (Å²) in [5.74, 6) is 2.34. The monoisotopic (exact) mass is 409 g/mol. The molecule has 1 unspecified atom stereocenters. The first-order valence-corrected chi connectivity index (χ1v) is 9.99. The van der Waals surface area contributed by atoms with Crippen molar-refractivity contribution in [3.63, 3.8) is 0 Å². The van der Waals surface area contributed by atoms with Crippen molar-refractivity contribution in [2.24, 2.45) is 5.92 Å². The van der Waals surface area contributed by atoms with Crippen LogP contribution in [0.2, 0.25) is 0 Å². The second kappa shape index (κ2) is 9.49. The van der Waals surface area contributed by atoms with Crippen LogP contribution in [-0.2, 0) is 6.54 Å². The number of ether oxygens (including phenoxy) is 1. The highest BCUT2D eigenvalue weighted by molar-refractivity contribution is 5.49. The number of rotatable bonds is 7. The van der Waals surface area contributed by atoms with Gasteiger partial charge in [0.1, 0.15) is 29.5 Å². The predicted molar refractivity (Wildman–Crippen MR) is 112 cm³/mol. The molecule has 1 aliphatic rings. The molecule has 1 saturated heterocycles. The fourth-order valence-electron chi connectivity index (χ4n) is 3.46. The van der Waals surface area contributed by atoms with Crippen LogP contribution in [-0.4, -0.2) is 39.8 Å². The Balaban J connectivity index is 1.34. The standard InChI is InChI=1S/C22H24FN5O2/c23-18-4-1-5-19(9-18)30-22-7-6-16(12-25-22)11-24-20-10-21(27-15-26-20)28-8-2-3-17(13-28)14-29/h1,4-7,9-10,12,15,17,29H,2-3,8,11,13-14H2,(H,24,26,27). The molecular formula is C22H24FN5O2. The molecule has 0 radical (unpaired) electrons. The molecular weight excluding hydrogens is 385 g/mol. The number of piperidine rings is 1. The summed E-state index contributed by atoms with van der Waals surface area (Å²) in [4.78, 5) is 15.1. The van der Waals surface area contributed by atoms with Crippen LogP contribution in [0.4, 0.5) is 16.0 Å². The zero-order chi connectivity index (χ0) is 20.8. The molecule has 0 amide bonds. The van der Waals surface area contributed by atoms with Gasteiger partial charge in [0.2, 0.25) is 5.88 Å². The van der Waals surface area contributed by atoms with Gasteiger partial charge in [0.15, 0.2) is 0 Å². The highest BCUT2D eigenvalue weighted by Gasteiger charge is 2.20. The van der Waals surface area contributed by atoms with Gasteiger partial charge in [-0.25, -0.2) is 19.3 Å². The lowest BCUT2D eigenvalue weighted by molar-refractivity contribution is 0.208. The smallest absolute Gasteiger partial charge is 0.219 e. The molecule has 0 aliphatic carbocycles. The molecule has 2 aromatic heterocycles. The number of halogens is 1. The van der Waals surface area contributed by atoms with E-state index in [1.54, 1.807) is 30.7 Å². The minimum absolute atomic E-state index is 0.207. The van der Waals surface area contributed by atoms with E-state index in [2.05, 4.69) is 25.2 Å². The van der Waals surface area contributed by atoms with E-state index in [-0.39, 0.29) is 12.4 Å². The number of nitrogens with one attached hydrogen (secondary N) is 1. The number of nitrogens with zero attached hydrogens (tertiary/aromatic N) is 4. The topological polar surface area (TPSA) is 83.4 Å². The van der Waals surface area contributed by atoms with Gasteiger partial charge in [-0.1, -0.05) is 12.1 Å². The van der Waals surface area contributed by atoms with Crippen molar-refractivity contribution in [2.45, 2.75) is 19.4 Å². The zero-order valence-corrected chi connectivity index (χ0v) is 16.5. The number of aromatic nitrogens is 3. The second-order valence-corrected chi connectivity index (χ2v) is 7.32. The van der Waals surface area contributed by atoms with E-state index < -0.39 is 0 Å². The fraction of sp³-hybridized carbons (Fsp3) is 0.318. The molecule has 7 nitrogen and oxygen atoms in total. The summed E-state index contributed by atoms with van der Waals surface area (Å²) in [6.45, 7) is 2.49. The Morgan fingerprint density at radius 3 is 2.90 bits per heavy atom. The number of aliphatic hydroxyl groups excluding tert-OH is 1. The van der Waals surface area contributed by atoms with E-state index in [0.717, 1.165) is 43.1 Å².